The van der Waals surface area contributed by atoms with Crippen LogP contribution in [0.25, 0.3) is 22.0 Å². The van der Waals surface area contributed by atoms with Crippen molar-refractivity contribution >= 4 is 28.3 Å². The molecule has 0 amide bonds. The van der Waals surface area contributed by atoms with E-state index in [0.29, 0.717) is 17.4 Å². The van der Waals surface area contributed by atoms with Crippen molar-refractivity contribution in [1.82, 2.24) is 10.2 Å². The molecule has 1 aromatic heterocycles. The smallest absolute Gasteiger partial charge is 0.406 e. The van der Waals surface area contributed by atoms with E-state index in [2.05, 4.69) is 20.3 Å². The minimum absolute atomic E-state index is 0.256. The van der Waals surface area contributed by atoms with Crippen LogP contribution in [-0.2, 0) is 6.54 Å². The number of halogens is 4. The zero-order chi connectivity index (χ0) is 20.4. The van der Waals surface area contributed by atoms with Crippen LogP contribution in [0.3, 0.4) is 0 Å². The molecule has 0 radical (unpaired) electrons. The zero-order valence-electron chi connectivity index (χ0n) is 14.9. The monoisotopic (exact) mass is 417 g/mol. The number of hydrogen-bond donors (Lipinski definition) is 2. The highest BCUT2D eigenvalue weighted by molar-refractivity contribution is 6.34. The van der Waals surface area contributed by atoms with E-state index in [1.165, 1.54) is 12.1 Å². The Bertz CT molecular complexity index is 1130. The molecule has 4 aromatic rings. The summed E-state index contributed by atoms with van der Waals surface area (Å²) in [4.78, 5) is 0. The van der Waals surface area contributed by atoms with Gasteiger partial charge in [-0.25, -0.2) is 0 Å². The molecule has 0 spiro atoms. The molecule has 148 valence electrons. The molecule has 2 N–H and O–H groups in total. The Morgan fingerprint density at radius 3 is 2.41 bits per heavy atom. The largest absolute Gasteiger partial charge is 0.573 e. The summed E-state index contributed by atoms with van der Waals surface area (Å²) in [6.45, 7) is 0.384. The molecular formula is C21H15ClF3N3O. The zero-order valence-corrected chi connectivity index (χ0v) is 15.7. The predicted molar refractivity (Wildman–Crippen MR) is 107 cm³/mol. The third kappa shape index (κ3) is 4.46. The van der Waals surface area contributed by atoms with Gasteiger partial charge in [-0.1, -0.05) is 54.1 Å². The van der Waals surface area contributed by atoms with E-state index in [-0.39, 0.29) is 5.75 Å². The van der Waals surface area contributed by atoms with Crippen molar-refractivity contribution in [3.05, 3.63) is 77.3 Å². The first-order valence-electron chi connectivity index (χ1n) is 8.71. The van der Waals surface area contributed by atoms with Crippen molar-refractivity contribution in [1.29, 1.82) is 0 Å². The average Bonchev–Trinajstić information content (AvgIpc) is 3.08. The van der Waals surface area contributed by atoms with E-state index >= 15 is 0 Å². The fourth-order valence-corrected chi connectivity index (χ4v) is 3.28. The lowest BCUT2D eigenvalue weighted by Gasteiger charge is -2.10. The number of benzene rings is 3. The molecule has 0 saturated heterocycles. The molecule has 0 unspecified atom stereocenters. The summed E-state index contributed by atoms with van der Waals surface area (Å²) < 4.78 is 40.6. The van der Waals surface area contributed by atoms with Gasteiger partial charge in [0.1, 0.15) is 5.75 Å². The molecule has 1 heterocycles. The molecule has 0 aliphatic rings. The highest BCUT2D eigenvalue weighted by atomic mass is 35.5. The quantitative estimate of drug-likeness (QED) is 0.395. The van der Waals surface area contributed by atoms with Crippen LogP contribution in [0.15, 0.2) is 66.7 Å². The fourth-order valence-electron chi connectivity index (χ4n) is 3.01. The van der Waals surface area contributed by atoms with Gasteiger partial charge in [0.15, 0.2) is 5.82 Å². The number of anilines is 1. The number of nitrogens with one attached hydrogen (secondary N) is 2. The van der Waals surface area contributed by atoms with Gasteiger partial charge < -0.3 is 10.1 Å². The maximum absolute atomic E-state index is 12.3. The van der Waals surface area contributed by atoms with Crippen molar-refractivity contribution in [2.24, 2.45) is 0 Å². The van der Waals surface area contributed by atoms with E-state index < -0.39 is 6.36 Å². The van der Waals surface area contributed by atoms with Crippen LogP contribution in [0.5, 0.6) is 5.75 Å². The Kier molecular flexibility index (Phi) is 5.07. The number of ether oxygens (including phenoxy) is 1. The summed E-state index contributed by atoms with van der Waals surface area (Å²) >= 11 is 6.42. The van der Waals surface area contributed by atoms with Crippen molar-refractivity contribution in [3.63, 3.8) is 0 Å². The first-order valence-corrected chi connectivity index (χ1v) is 9.08. The second-order valence-corrected chi connectivity index (χ2v) is 6.77. The third-order valence-corrected chi connectivity index (χ3v) is 4.66. The number of alkyl halides is 3. The van der Waals surface area contributed by atoms with Crippen molar-refractivity contribution < 1.29 is 17.9 Å². The normalized spacial score (nSPS) is 11.6. The SMILES string of the molecule is FC(F)(F)Oc1ccc(CNc2n[nH]c3cc(Cl)c(-c4ccccc4)cc23)cc1. The van der Waals surface area contributed by atoms with Crippen LogP contribution in [0.2, 0.25) is 5.02 Å². The molecule has 0 atom stereocenters. The molecule has 0 bridgehead atoms. The van der Waals surface area contributed by atoms with Gasteiger partial charge in [-0.15, -0.1) is 13.2 Å². The summed E-state index contributed by atoms with van der Waals surface area (Å²) in [6.07, 6.45) is -4.70. The summed E-state index contributed by atoms with van der Waals surface area (Å²) in [6, 6.07) is 19.2. The molecule has 4 rings (SSSR count). The Hall–Kier alpha value is -3.19. The van der Waals surface area contributed by atoms with E-state index in [1.54, 1.807) is 12.1 Å². The molecule has 4 nitrogen and oxygen atoms in total. The Morgan fingerprint density at radius 2 is 1.72 bits per heavy atom. The Labute approximate surface area is 169 Å². The molecule has 0 aliphatic heterocycles. The summed E-state index contributed by atoms with van der Waals surface area (Å²) in [5.41, 5.74) is 3.45. The lowest BCUT2D eigenvalue weighted by molar-refractivity contribution is -0.274. The van der Waals surface area contributed by atoms with E-state index in [1.807, 2.05) is 42.5 Å². The van der Waals surface area contributed by atoms with Gasteiger partial charge in [0.25, 0.3) is 0 Å². The second-order valence-electron chi connectivity index (χ2n) is 6.36. The predicted octanol–water partition coefficient (Wildman–Crippen LogP) is 6.39. The summed E-state index contributed by atoms with van der Waals surface area (Å²) in [5.74, 6) is 0.373. The van der Waals surface area contributed by atoms with Crippen LogP contribution in [0.4, 0.5) is 19.0 Å². The number of H-pyrrole nitrogens is 1. The van der Waals surface area contributed by atoms with Crippen molar-refractivity contribution in [2.45, 2.75) is 12.9 Å². The molecule has 0 aliphatic carbocycles. The number of rotatable bonds is 5. The standard InChI is InChI=1S/C21H15ClF3N3O/c22-18-11-19-17(10-16(18)14-4-2-1-3-5-14)20(28-27-19)26-12-13-6-8-15(9-7-13)29-21(23,24)25/h1-11H,12H2,(H2,26,27,28). The van der Waals surface area contributed by atoms with Gasteiger partial charge in [-0.3, -0.25) is 5.10 Å². The molecule has 0 fully saturated rings. The van der Waals surface area contributed by atoms with Gasteiger partial charge in [-0.2, -0.15) is 5.10 Å². The van der Waals surface area contributed by atoms with E-state index in [0.717, 1.165) is 27.6 Å². The van der Waals surface area contributed by atoms with Gasteiger partial charge in [0.05, 0.1) is 10.5 Å². The van der Waals surface area contributed by atoms with E-state index in [4.69, 9.17) is 11.6 Å². The fraction of sp³-hybridized carbons (Fsp3) is 0.0952. The van der Waals surface area contributed by atoms with Crippen LogP contribution in [-0.4, -0.2) is 16.6 Å². The summed E-state index contributed by atoms with van der Waals surface area (Å²) in [5, 5.41) is 11.9. The topological polar surface area (TPSA) is 49.9 Å². The highest BCUT2D eigenvalue weighted by Crippen LogP contribution is 2.34. The Morgan fingerprint density at radius 1 is 1.00 bits per heavy atom. The first-order chi connectivity index (χ1) is 13.9. The number of fused-ring (bicyclic) bond motifs is 1. The van der Waals surface area contributed by atoms with Crippen LogP contribution < -0.4 is 10.1 Å². The minimum Gasteiger partial charge on any atom is -0.406 e. The number of hydrogen-bond acceptors (Lipinski definition) is 3. The lowest BCUT2D eigenvalue weighted by atomic mass is 10.0. The molecule has 8 heteroatoms. The van der Waals surface area contributed by atoms with Gasteiger partial charge in [0.2, 0.25) is 0 Å². The first kappa shape index (κ1) is 19.1. The van der Waals surface area contributed by atoms with Crippen LogP contribution in [0, 0.1) is 0 Å². The maximum Gasteiger partial charge on any atom is 0.573 e. The highest BCUT2D eigenvalue weighted by Gasteiger charge is 2.30. The summed E-state index contributed by atoms with van der Waals surface area (Å²) in [7, 11) is 0. The molecule has 29 heavy (non-hydrogen) atoms. The Balaban J connectivity index is 1.54. The van der Waals surface area contributed by atoms with Crippen molar-refractivity contribution in [3.8, 4) is 16.9 Å². The minimum atomic E-state index is -4.70. The van der Waals surface area contributed by atoms with Crippen molar-refractivity contribution in [2.75, 3.05) is 5.32 Å². The van der Waals surface area contributed by atoms with Crippen LogP contribution in [0.1, 0.15) is 5.56 Å². The molecule has 3 aromatic carbocycles. The third-order valence-electron chi connectivity index (χ3n) is 4.35. The maximum atomic E-state index is 12.3. The number of aromatic amines is 1. The number of nitrogens with zero attached hydrogens (tertiary/aromatic N) is 1. The van der Waals surface area contributed by atoms with Crippen LogP contribution >= 0.6 is 11.6 Å². The average molecular weight is 418 g/mol. The molecular weight excluding hydrogens is 403 g/mol. The van der Waals surface area contributed by atoms with Gasteiger partial charge >= 0.3 is 6.36 Å². The molecule has 0 saturated carbocycles. The van der Waals surface area contributed by atoms with Gasteiger partial charge in [-0.05, 0) is 35.4 Å². The second kappa shape index (κ2) is 7.67. The lowest BCUT2D eigenvalue weighted by Crippen LogP contribution is -2.17. The van der Waals surface area contributed by atoms with E-state index in [9.17, 15) is 13.2 Å². The number of aromatic nitrogens is 2. The van der Waals surface area contributed by atoms with Gasteiger partial charge in [0, 0.05) is 17.5 Å².